The summed E-state index contributed by atoms with van der Waals surface area (Å²) in [5, 5.41) is 0. The molecule has 0 radical (unpaired) electrons. The van der Waals surface area contributed by atoms with Crippen LogP contribution < -0.4 is 5.69 Å². The lowest BCUT2D eigenvalue weighted by Crippen LogP contribution is -2.15. The fourth-order valence-corrected chi connectivity index (χ4v) is 0.699. The number of alkyl halides is 3. The molecule has 0 amide bonds. The Morgan fingerprint density at radius 3 is 2.58 bits per heavy atom. The van der Waals surface area contributed by atoms with Gasteiger partial charge in [-0.1, -0.05) is 0 Å². The summed E-state index contributed by atoms with van der Waals surface area (Å²) < 4.78 is 35.2. The van der Waals surface area contributed by atoms with Crippen molar-refractivity contribution in [3.63, 3.8) is 0 Å². The number of H-pyrrole nitrogens is 1. The molecule has 0 aliphatic rings. The van der Waals surface area contributed by atoms with Crippen LogP contribution in [0.25, 0.3) is 0 Å². The van der Waals surface area contributed by atoms with Crippen molar-refractivity contribution in [1.29, 1.82) is 0 Å². The highest BCUT2D eigenvalue weighted by Crippen LogP contribution is 2.19. The van der Waals surface area contributed by atoms with Gasteiger partial charge >= 0.3 is 11.9 Å². The van der Waals surface area contributed by atoms with Gasteiger partial charge in [0, 0.05) is 12.4 Å². The molecule has 0 fully saturated rings. The highest BCUT2D eigenvalue weighted by Gasteiger charge is 2.27. The number of hydrogen-bond acceptors (Lipinski definition) is 2. The van der Waals surface area contributed by atoms with Gasteiger partial charge in [0.25, 0.3) is 0 Å². The molecule has 0 bridgehead atoms. The van der Waals surface area contributed by atoms with E-state index in [0.717, 1.165) is 12.4 Å². The highest BCUT2D eigenvalue weighted by atomic mass is 19.4. The fraction of sp³-hybridized carbons (Fsp3) is 0.333. The minimum absolute atomic E-state index is 0.0536. The molecule has 0 atom stereocenters. The third-order valence-electron chi connectivity index (χ3n) is 1.13. The first-order valence-corrected chi connectivity index (χ1v) is 3.08. The van der Waals surface area contributed by atoms with E-state index in [1.807, 2.05) is 0 Å². The molecule has 6 heteroatoms. The van der Waals surface area contributed by atoms with Crippen LogP contribution >= 0.6 is 0 Å². The number of nitrogens with one attached hydrogen (secondary N) is 1. The third-order valence-corrected chi connectivity index (χ3v) is 1.13. The van der Waals surface area contributed by atoms with Crippen LogP contribution in [0.1, 0.15) is 5.56 Å². The van der Waals surface area contributed by atoms with E-state index in [2.05, 4.69) is 9.97 Å². The zero-order valence-corrected chi connectivity index (χ0v) is 5.85. The van der Waals surface area contributed by atoms with E-state index >= 15 is 0 Å². The van der Waals surface area contributed by atoms with Gasteiger partial charge in [-0.3, -0.25) is 0 Å². The molecular weight excluding hydrogens is 173 g/mol. The summed E-state index contributed by atoms with van der Waals surface area (Å²) in [5.74, 6) is 0. The normalized spacial score (nSPS) is 11.6. The van der Waals surface area contributed by atoms with Crippen LogP contribution in [0.5, 0.6) is 0 Å². The first-order chi connectivity index (χ1) is 5.47. The Kier molecular flexibility index (Phi) is 2.16. The largest absolute Gasteiger partial charge is 0.393 e. The minimum atomic E-state index is -4.26. The second kappa shape index (κ2) is 2.96. The second-order valence-corrected chi connectivity index (χ2v) is 2.22. The van der Waals surface area contributed by atoms with Crippen molar-refractivity contribution >= 4 is 0 Å². The summed E-state index contributed by atoms with van der Waals surface area (Å²) >= 11 is 0. The average Bonchev–Trinajstić information content (AvgIpc) is 1.91. The van der Waals surface area contributed by atoms with Crippen LogP contribution in [0.15, 0.2) is 17.2 Å². The maximum atomic E-state index is 11.7. The maximum absolute atomic E-state index is 11.7. The van der Waals surface area contributed by atoms with Crippen molar-refractivity contribution in [3.05, 3.63) is 28.4 Å². The molecule has 1 aromatic rings. The Hall–Kier alpha value is -1.33. The van der Waals surface area contributed by atoms with Crippen molar-refractivity contribution in [1.82, 2.24) is 9.97 Å². The van der Waals surface area contributed by atoms with Gasteiger partial charge in [0.2, 0.25) is 0 Å². The summed E-state index contributed by atoms with van der Waals surface area (Å²) in [6.07, 6.45) is -3.42. The standard InChI is InChI=1S/C6H5F3N2O/c7-6(8,9)1-4-2-10-5(12)11-3-4/h2-3H,1H2,(H,10,11,12). The Balaban J connectivity index is 2.78. The molecule has 12 heavy (non-hydrogen) atoms. The molecule has 0 spiro atoms. The lowest BCUT2D eigenvalue weighted by molar-refractivity contribution is -0.127. The van der Waals surface area contributed by atoms with Gasteiger partial charge in [0.05, 0.1) is 6.42 Å². The van der Waals surface area contributed by atoms with Crippen molar-refractivity contribution in [2.45, 2.75) is 12.6 Å². The van der Waals surface area contributed by atoms with E-state index in [1.165, 1.54) is 0 Å². The third kappa shape index (κ3) is 2.73. The predicted octanol–water partition coefficient (Wildman–Crippen LogP) is 0.875. The van der Waals surface area contributed by atoms with E-state index < -0.39 is 18.3 Å². The molecule has 0 saturated carbocycles. The van der Waals surface area contributed by atoms with Crippen molar-refractivity contribution in [2.24, 2.45) is 0 Å². The summed E-state index contributed by atoms with van der Waals surface area (Å²) in [6.45, 7) is 0. The fourth-order valence-electron chi connectivity index (χ4n) is 0.699. The number of aromatic nitrogens is 2. The maximum Gasteiger partial charge on any atom is 0.393 e. The van der Waals surface area contributed by atoms with E-state index in [1.54, 1.807) is 0 Å². The molecule has 0 unspecified atom stereocenters. The van der Waals surface area contributed by atoms with Gasteiger partial charge in [-0.25, -0.2) is 9.78 Å². The van der Waals surface area contributed by atoms with E-state index in [9.17, 15) is 18.0 Å². The summed E-state index contributed by atoms with van der Waals surface area (Å²) in [4.78, 5) is 15.5. The Morgan fingerprint density at radius 1 is 1.50 bits per heavy atom. The zero-order chi connectivity index (χ0) is 9.19. The highest BCUT2D eigenvalue weighted by molar-refractivity contribution is 5.03. The summed E-state index contributed by atoms with van der Waals surface area (Å²) in [6, 6.07) is 0. The molecule has 0 saturated heterocycles. The van der Waals surface area contributed by atoms with E-state index in [-0.39, 0.29) is 5.56 Å². The molecular formula is C6H5F3N2O. The molecule has 0 aliphatic carbocycles. The molecule has 3 nitrogen and oxygen atoms in total. The predicted molar refractivity (Wildman–Crippen MR) is 34.6 cm³/mol. The Bertz CT molecular complexity index is 297. The Labute approximate surface area is 65.3 Å². The van der Waals surface area contributed by atoms with Crippen molar-refractivity contribution < 1.29 is 13.2 Å². The van der Waals surface area contributed by atoms with Gasteiger partial charge in [-0.15, -0.1) is 0 Å². The van der Waals surface area contributed by atoms with Crippen LogP contribution in [0, 0.1) is 0 Å². The monoisotopic (exact) mass is 178 g/mol. The number of nitrogens with zero attached hydrogens (tertiary/aromatic N) is 1. The summed E-state index contributed by atoms with van der Waals surface area (Å²) in [5.41, 5.74) is -0.706. The number of rotatable bonds is 1. The molecule has 66 valence electrons. The van der Waals surface area contributed by atoms with Crippen LogP contribution in [0.4, 0.5) is 13.2 Å². The van der Waals surface area contributed by atoms with Crippen molar-refractivity contribution in [3.8, 4) is 0 Å². The van der Waals surface area contributed by atoms with Crippen molar-refractivity contribution in [2.75, 3.05) is 0 Å². The number of halogens is 3. The van der Waals surface area contributed by atoms with Gasteiger partial charge in [0.15, 0.2) is 0 Å². The minimum Gasteiger partial charge on any atom is -0.312 e. The van der Waals surface area contributed by atoms with Crippen LogP contribution in [0.3, 0.4) is 0 Å². The first kappa shape index (κ1) is 8.76. The average molecular weight is 178 g/mol. The lowest BCUT2D eigenvalue weighted by Gasteiger charge is -2.03. The molecule has 1 heterocycles. The first-order valence-electron chi connectivity index (χ1n) is 3.08. The van der Waals surface area contributed by atoms with Crippen LogP contribution in [-0.4, -0.2) is 16.1 Å². The van der Waals surface area contributed by atoms with E-state index in [4.69, 9.17) is 0 Å². The molecule has 0 aliphatic heterocycles. The Morgan fingerprint density at radius 2 is 2.17 bits per heavy atom. The molecule has 1 aromatic heterocycles. The molecule has 0 aromatic carbocycles. The van der Waals surface area contributed by atoms with Gasteiger partial charge < -0.3 is 4.98 Å². The smallest absolute Gasteiger partial charge is 0.312 e. The quantitative estimate of drug-likeness (QED) is 0.693. The molecule has 1 N–H and O–H groups in total. The van der Waals surface area contributed by atoms with Gasteiger partial charge in [-0.05, 0) is 5.56 Å². The van der Waals surface area contributed by atoms with Crippen LogP contribution in [0.2, 0.25) is 0 Å². The van der Waals surface area contributed by atoms with Crippen LogP contribution in [-0.2, 0) is 6.42 Å². The topological polar surface area (TPSA) is 45.8 Å². The van der Waals surface area contributed by atoms with Gasteiger partial charge in [-0.2, -0.15) is 13.2 Å². The second-order valence-electron chi connectivity index (χ2n) is 2.22. The SMILES string of the molecule is O=c1ncc(CC(F)(F)F)c[nH]1. The van der Waals surface area contributed by atoms with Gasteiger partial charge in [0.1, 0.15) is 0 Å². The number of hydrogen-bond donors (Lipinski definition) is 1. The zero-order valence-electron chi connectivity index (χ0n) is 5.85. The number of aromatic amines is 1. The molecule has 1 rings (SSSR count). The summed E-state index contributed by atoms with van der Waals surface area (Å²) in [7, 11) is 0. The van der Waals surface area contributed by atoms with E-state index in [0.29, 0.717) is 0 Å². The lowest BCUT2D eigenvalue weighted by atomic mass is 10.2.